The number of rotatable bonds is 3. The number of anilines is 2. The van der Waals surface area contributed by atoms with E-state index in [1.807, 2.05) is 12.1 Å². The highest BCUT2D eigenvalue weighted by molar-refractivity contribution is 5.91. The molecule has 0 bridgehead atoms. The summed E-state index contributed by atoms with van der Waals surface area (Å²) in [6.45, 7) is 1.16. The number of nitrogens with one attached hydrogen (secondary N) is 2. The molecule has 3 rings (SSSR count). The molecule has 2 heterocycles. The maximum atomic E-state index is 11.8. The van der Waals surface area contributed by atoms with Crippen molar-refractivity contribution in [3.63, 3.8) is 0 Å². The number of nitrogens with zero attached hydrogens (tertiary/aromatic N) is 3. The summed E-state index contributed by atoms with van der Waals surface area (Å²) in [7, 11) is 0. The quantitative estimate of drug-likeness (QED) is 0.868. The minimum atomic E-state index is -0.110. The minimum absolute atomic E-state index is 0.110. The highest BCUT2D eigenvalue weighted by Gasteiger charge is 2.10. The van der Waals surface area contributed by atoms with Gasteiger partial charge in [0.1, 0.15) is 19.2 Å². The summed E-state index contributed by atoms with van der Waals surface area (Å²) in [4.78, 5) is 15.6. The molecule has 0 unspecified atom stereocenters. The Kier molecular flexibility index (Phi) is 3.14. The van der Waals surface area contributed by atoms with Crippen molar-refractivity contribution >= 4 is 17.3 Å². The molecule has 0 fully saturated rings. The fourth-order valence-corrected chi connectivity index (χ4v) is 2.20. The van der Waals surface area contributed by atoms with Gasteiger partial charge in [-0.25, -0.2) is 9.67 Å². The van der Waals surface area contributed by atoms with Crippen molar-refractivity contribution in [3.8, 4) is 0 Å². The number of benzene rings is 1. The van der Waals surface area contributed by atoms with E-state index in [1.165, 1.54) is 22.9 Å². The molecule has 2 aromatic rings. The first-order valence-corrected chi connectivity index (χ1v) is 6.30. The molecule has 0 spiro atoms. The lowest BCUT2D eigenvalue weighted by Crippen LogP contribution is -2.19. The van der Waals surface area contributed by atoms with Crippen LogP contribution < -0.4 is 10.6 Å². The van der Waals surface area contributed by atoms with Crippen LogP contribution in [0.5, 0.6) is 0 Å². The van der Waals surface area contributed by atoms with Crippen LogP contribution in [-0.2, 0) is 17.8 Å². The van der Waals surface area contributed by atoms with E-state index in [-0.39, 0.29) is 12.5 Å². The fourth-order valence-electron chi connectivity index (χ4n) is 2.20. The molecule has 0 atom stereocenters. The molecule has 1 aromatic carbocycles. The van der Waals surface area contributed by atoms with Crippen LogP contribution in [-0.4, -0.2) is 27.2 Å². The van der Waals surface area contributed by atoms with Crippen LogP contribution in [0.3, 0.4) is 0 Å². The number of fused-ring (bicyclic) bond motifs is 1. The normalized spacial score (nSPS) is 13.5. The van der Waals surface area contributed by atoms with Gasteiger partial charge in [0.2, 0.25) is 5.91 Å². The Morgan fingerprint density at radius 1 is 1.47 bits per heavy atom. The third-order valence-corrected chi connectivity index (χ3v) is 3.10. The summed E-state index contributed by atoms with van der Waals surface area (Å²) in [5.41, 5.74) is 3.23. The van der Waals surface area contributed by atoms with Gasteiger partial charge in [0, 0.05) is 17.9 Å². The second-order valence-electron chi connectivity index (χ2n) is 4.54. The number of aromatic nitrogens is 3. The first-order chi connectivity index (χ1) is 9.31. The summed E-state index contributed by atoms with van der Waals surface area (Å²) in [5, 5.41) is 10.1. The third kappa shape index (κ3) is 2.73. The molecular formula is C13H15N5O. The van der Waals surface area contributed by atoms with Crippen LogP contribution in [0.1, 0.15) is 12.0 Å². The smallest absolute Gasteiger partial charge is 0.246 e. The van der Waals surface area contributed by atoms with Gasteiger partial charge in [-0.3, -0.25) is 4.79 Å². The van der Waals surface area contributed by atoms with Crippen LogP contribution >= 0.6 is 0 Å². The van der Waals surface area contributed by atoms with Crippen LogP contribution in [0, 0.1) is 0 Å². The Bertz CT molecular complexity index is 579. The summed E-state index contributed by atoms with van der Waals surface area (Å²) in [6.07, 6.45) is 5.19. The zero-order chi connectivity index (χ0) is 13.1. The van der Waals surface area contributed by atoms with E-state index >= 15 is 0 Å². The molecule has 0 radical (unpaired) electrons. The van der Waals surface area contributed by atoms with Crippen LogP contribution in [0.4, 0.5) is 11.4 Å². The van der Waals surface area contributed by atoms with Crippen molar-refractivity contribution in [2.75, 3.05) is 17.2 Å². The SMILES string of the molecule is O=C(Cn1cncn1)Nc1ccc2c(c1)NCCC2. The maximum Gasteiger partial charge on any atom is 0.246 e. The number of hydrogen-bond donors (Lipinski definition) is 2. The number of amides is 1. The number of aryl methyl sites for hydroxylation is 1. The zero-order valence-corrected chi connectivity index (χ0v) is 10.5. The molecule has 98 valence electrons. The monoisotopic (exact) mass is 257 g/mol. The fraction of sp³-hybridized carbons (Fsp3) is 0.308. The molecule has 2 N–H and O–H groups in total. The van der Waals surface area contributed by atoms with E-state index < -0.39 is 0 Å². The predicted molar refractivity (Wildman–Crippen MR) is 71.9 cm³/mol. The van der Waals surface area contributed by atoms with E-state index in [1.54, 1.807) is 0 Å². The van der Waals surface area contributed by atoms with Gasteiger partial charge in [0.05, 0.1) is 0 Å². The molecule has 0 saturated carbocycles. The first-order valence-electron chi connectivity index (χ1n) is 6.30. The van der Waals surface area contributed by atoms with Crippen LogP contribution in [0.15, 0.2) is 30.9 Å². The van der Waals surface area contributed by atoms with E-state index in [9.17, 15) is 4.79 Å². The largest absolute Gasteiger partial charge is 0.385 e. The molecular weight excluding hydrogens is 242 g/mol. The average molecular weight is 257 g/mol. The van der Waals surface area contributed by atoms with Crippen molar-refractivity contribution in [2.24, 2.45) is 0 Å². The third-order valence-electron chi connectivity index (χ3n) is 3.10. The molecule has 1 aliphatic rings. The van der Waals surface area contributed by atoms with Gasteiger partial charge >= 0.3 is 0 Å². The lowest BCUT2D eigenvalue weighted by atomic mass is 10.0. The van der Waals surface area contributed by atoms with E-state index in [4.69, 9.17) is 0 Å². The molecule has 19 heavy (non-hydrogen) atoms. The Morgan fingerprint density at radius 2 is 2.42 bits per heavy atom. The number of hydrogen-bond acceptors (Lipinski definition) is 4. The molecule has 1 amide bonds. The van der Waals surface area contributed by atoms with Gasteiger partial charge < -0.3 is 10.6 Å². The second-order valence-corrected chi connectivity index (χ2v) is 4.54. The van der Waals surface area contributed by atoms with Crippen molar-refractivity contribution in [1.82, 2.24) is 14.8 Å². The minimum Gasteiger partial charge on any atom is -0.385 e. The van der Waals surface area contributed by atoms with Gasteiger partial charge in [-0.15, -0.1) is 0 Å². The Morgan fingerprint density at radius 3 is 3.26 bits per heavy atom. The Hall–Kier alpha value is -2.37. The highest BCUT2D eigenvalue weighted by Crippen LogP contribution is 2.25. The number of carbonyl (C=O) groups excluding carboxylic acids is 1. The second kappa shape index (κ2) is 5.09. The molecule has 0 aliphatic carbocycles. The van der Waals surface area contributed by atoms with Crippen LogP contribution in [0.25, 0.3) is 0 Å². The summed E-state index contributed by atoms with van der Waals surface area (Å²) in [6, 6.07) is 5.98. The van der Waals surface area contributed by atoms with Gasteiger partial charge in [-0.2, -0.15) is 5.10 Å². The standard InChI is InChI=1S/C13H15N5O/c19-13(7-18-9-14-8-16-18)17-11-4-3-10-2-1-5-15-12(10)6-11/h3-4,6,8-9,15H,1-2,5,7H2,(H,17,19). The summed E-state index contributed by atoms with van der Waals surface area (Å²) < 4.78 is 1.49. The van der Waals surface area contributed by atoms with Gasteiger partial charge in [0.15, 0.2) is 0 Å². The first kappa shape index (κ1) is 11.7. The Balaban J connectivity index is 1.67. The highest BCUT2D eigenvalue weighted by atomic mass is 16.2. The van der Waals surface area contributed by atoms with Crippen molar-refractivity contribution in [2.45, 2.75) is 19.4 Å². The average Bonchev–Trinajstić information content (AvgIpc) is 2.91. The van der Waals surface area contributed by atoms with Crippen LogP contribution in [0.2, 0.25) is 0 Å². The van der Waals surface area contributed by atoms with Gasteiger partial charge in [-0.05, 0) is 30.5 Å². The van der Waals surface area contributed by atoms with Crippen molar-refractivity contribution in [1.29, 1.82) is 0 Å². The predicted octanol–water partition coefficient (Wildman–Crippen LogP) is 1.27. The van der Waals surface area contributed by atoms with E-state index in [0.717, 1.165) is 30.8 Å². The lowest BCUT2D eigenvalue weighted by molar-refractivity contribution is -0.116. The molecule has 1 aromatic heterocycles. The maximum absolute atomic E-state index is 11.8. The van der Waals surface area contributed by atoms with E-state index in [2.05, 4.69) is 26.8 Å². The van der Waals surface area contributed by atoms with Gasteiger partial charge in [0.25, 0.3) is 0 Å². The summed E-state index contributed by atoms with van der Waals surface area (Å²) in [5.74, 6) is -0.110. The van der Waals surface area contributed by atoms with E-state index in [0.29, 0.717) is 0 Å². The number of carbonyl (C=O) groups is 1. The Labute approximate surface area is 110 Å². The van der Waals surface area contributed by atoms with Crippen molar-refractivity contribution in [3.05, 3.63) is 36.4 Å². The lowest BCUT2D eigenvalue weighted by Gasteiger charge is -2.18. The van der Waals surface area contributed by atoms with Gasteiger partial charge in [-0.1, -0.05) is 6.07 Å². The summed E-state index contributed by atoms with van der Waals surface area (Å²) >= 11 is 0. The zero-order valence-electron chi connectivity index (χ0n) is 10.5. The molecule has 6 heteroatoms. The molecule has 0 saturated heterocycles. The molecule has 6 nitrogen and oxygen atoms in total. The molecule has 1 aliphatic heterocycles. The topological polar surface area (TPSA) is 71.8 Å². The van der Waals surface area contributed by atoms with Crippen molar-refractivity contribution < 1.29 is 4.79 Å².